The van der Waals surface area contributed by atoms with E-state index in [9.17, 15) is 4.79 Å². The van der Waals surface area contributed by atoms with Gasteiger partial charge >= 0.3 is 6.09 Å². The molecule has 0 spiro atoms. The first-order chi connectivity index (χ1) is 14.1. The van der Waals surface area contributed by atoms with Crippen LogP contribution in [0.2, 0.25) is 0 Å². The van der Waals surface area contributed by atoms with Gasteiger partial charge in [-0.15, -0.1) is 0 Å². The Kier molecular flexibility index (Phi) is 8.15. The second-order valence-electron chi connectivity index (χ2n) is 7.83. The Morgan fingerprint density at radius 2 is 1.93 bits per heavy atom. The van der Waals surface area contributed by atoms with Crippen molar-refractivity contribution in [3.8, 4) is 5.75 Å². The van der Waals surface area contributed by atoms with E-state index in [0.717, 1.165) is 57.1 Å². The molecule has 2 aliphatic rings. The van der Waals surface area contributed by atoms with Gasteiger partial charge in [0.05, 0.1) is 20.3 Å². The Labute approximate surface area is 174 Å². The minimum Gasteiger partial charge on any atom is -0.496 e. The van der Waals surface area contributed by atoms with Crippen LogP contribution in [0, 0.1) is 0 Å². The summed E-state index contributed by atoms with van der Waals surface area (Å²) >= 11 is 0. The van der Waals surface area contributed by atoms with E-state index in [1.54, 1.807) is 14.2 Å². The molecule has 0 N–H and O–H groups in total. The van der Waals surface area contributed by atoms with Crippen LogP contribution in [0.15, 0.2) is 18.2 Å². The van der Waals surface area contributed by atoms with E-state index < -0.39 is 0 Å². The maximum Gasteiger partial charge on any atom is 0.409 e. The molecule has 0 saturated carbocycles. The van der Waals surface area contributed by atoms with Gasteiger partial charge in [0.25, 0.3) is 0 Å². The van der Waals surface area contributed by atoms with Gasteiger partial charge in [-0.05, 0) is 44.0 Å². The highest BCUT2D eigenvalue weighted by Crippen LogP contribution is 2.24. The fraction of sp³-hybridized carbons (Fsp3) is 0.682. The average molecular weight is 406 g/mol. The van der Waals surface area contributed by atoms with Crippen LogP contribution >= 0.6 is 0 Å². The number of ether oxygens (including phenoxy) is 3. The first kappa shape index (κ1) is 21.9. The SMILES string of the molecule is CCOC(=O)N1CCN([C@H]2CCCN(Cc3ccc(OC)c(COC)c3)C2)CC1. The topological polar surface area (TPSA) is 54.5 Å². The number of likely N-dealkylation sites (tertiary alicyclic amines) is 1. The molecule has 7 heteroatoms. The lowest BCUT2D eigenvalue weighted by molar-refractivity contribution is 0.0412. The van der Waals surface area contributed by atoms with Crippen molar-refractivity contribution >= 4 is 6.09 Å². The summed E-state index contributed by atoms with van der Waals surface area (Å²) in [5, 5.41) is 0. The molecule has 2 fully saturated rings. The van der Waals surface area contributed by atoms with Crippen LogP contribution in [-0.4, -0.2) is 86.9 Å². The van der Waals surface area contributed by atoms with Gasteiger partial charge in [0.2, 0.25) is 0 Å². The summed E-state index contributed by atoms with van der Waals surface area (Å²) in [6.07, 6.45) is 2.26. The van der Waals surface area contributed by atoms with Crippen molar-refractivity contribution in [1.82, 2.24) is 14.7 Å². The number of hydrogen-bond acceptors (Lipinski definition) is 6. The van der Waals surface area contributed by atoms with Crippen molar-refractivity contribution in [2.75, 3.05) is 60.1 Å². The maximum absolute atomic E-state index is 11.9. The van der Waals surface area contributed by atoms with E-state index in [-0.39, 0.29) is 6.09 Å². The Hall–Kier alpha value is -1.83. The molecule has 162 valence electrons. The highest BCUT2D eigenvalue weighted by molar-refractivity contribution is 5.67. The van der Waals surface area contributed by atoms with Crippen LogP contribution in [0.1, 0.15) is 30.9 Å². The molecule has 3 rings (SSSR count). The summed E-state index contributed by atoms with van der Waals surface area (Å²) in [5.41, 5.74) is 2.39. The van der Waals surface area contributed by atoms with E-state index in [0.29, 0.717) is 19.3 Å². The number of amides is 1. The summed E-state index contributed by atoms with van der Waals surface area (Å²) in [6.45, 7) is 9.37. The number of rotatable bonds is 7. The summed E-state index contributed by atoms with van der Waals surface area (Å²) in [7, 11) is 3.41. The molecular formula is C22H35N3O4. The van der Waals surface area contributed by atoms with Gasteiger partial charge in [-0.25, -0.2) is 4.79 Å². The van der Waals surface area contributed by atoms with Crippen molar-refractivity contribution in [2.24, 2.45) is 0 Å². The van der Waals surface area contributed by atoms with Crippen LogP contribution < -0.4 is 4.74 Å². The number of piperidine rings is 1. The van der Waals surface area contributed by atoms with Crippen molar-refractivity contribution in [3.05, 3.63) is 29.3 Å². The maximum atomic E-state index is 11.9. The number of carbonyl (C=O) groups is 1. The number of benzene rings is 1. The van der Waals surface area contributed by atoms with Crippen molar-refractivity contribution in [3.63, 3.8) is 0 Å². The third kappa shape index (κ3) is 5.84. The second kappa shape index (κ2) is 10.8. The summed E-state index contributed by atoms with van der Waals surface area (Å²) in [6, 6.07) is 6.95. The van der Waals surface area contributed by atoms with Crippen LogP contribution in [0.4, 0.5) is 4.79 Å². The standard InChI is InChI=1S/C22H35N3O4/c1-4-29-22(26)25-12-10-24(11-13-25)20-6-5-9-23(16-20)15-18-7-8-21(28-3)19(14-18)17-27-2/h7-8,14,20H,4-6,9-13,15-17H2,1-3H3/t20-/m0/s1. The quantitative estimate of drug-likeness (QED) is 0.695. The van der Waals surface area contributed by atoms with Crippen molar-refractivity contribution in [1.29, 1.82) is 0 Å². The molecule has 2 aliphatic heterocycles. The van der Waals surface area contributed by atoms with Gasteiger partial charge in [-0.3, -0.25) is 9.80 Å². The number of methoxy groups -OCH3 is 2. The Morgan fingerprint density at radius 3 is 2.62 bits per heavy atom. The third-order valence-electron chi connectivity index (χ3n) is 5.89. The van der Waals surface area contributed by atoms with E-state index in [4.69, 9.17) is 14.2 Å². The average Bonchev–Trinajstić information content (AvgIpc) is 2.75. The van der Waals surface area contributed by atoms with Gasteiger partial charge in [0.1, 0.15) is 5.75 Å². The minimum absolute atomic E-state index is 0.177. The molecule has 7 nitrogen and oxygen atoms in total. The van der Waals surface area contributed by atoms with E-state index in [1.807, 2.05) is 17.9 Å². The molecule has 0 bridgehead atoms. The van der Waals surface area contributed by atoms with Crippen molar-refractivity contribution < 1.29 is 19.0 Å². The molecule has 0 aromatic heterocycles. The number of hydrogen-bond donors (Lipinski definition) is 0. The van der Waals surface area contributed by atoms with E-state index in [2.05, 4.69) is 21.9 Å². The van der Waals surface area contributed by atoms with E-state index in [1.165, 1.54) is 18.4 Å². The lowest BCUT2D eigenvalue weighted by Gasteiger charge is -2.43. The molecule has 2 saturated heterocycles. The monoisotopic (exact) mass is 405 g/mol. The smallest absolute Gasteiger partial charge is 0.409 e. The van der Waals surface area contributed by atoms with Crippen LogP contribution in [0.25, 0.3) is 0 Å². The Morgan fingerprint density at radius 1 is 1.14 bits per heavy atom. The van der Waals surface area contributed by atoms with Gasteiger partial charge in [0, 0.05) is 58.0 Å². The van der Waals surface area contributed by atoms with Crippen molar-refractivity contribution in [2.45, 2.75) is 39.0 Å². The molecule has 0 aliphatic carbocycles. The number of carbonyl (C=O) groups excluding carboxylic acids is 1. The van der Waals surface area contributed by atoms with Crippen LogP contribution in [0.3, 0.4) is 0 Å². The zero-order valence-corrected chi connectivity index (χ0v) is 18.1. The molecule has 1 atom stereocenters. The Balaban J connectivity index is 1.53. The zero-order chi connectivity index (χ0) is 20.6. The number of nitrogens with zero attached hydrogens (tertiary/aromatic N) is 3. The second-order valence-corrected chi connectivity index (χ2v) is 7.83. The molecule has 0 radical (unpaired) electrons. The lowest BCUT2D eigenvalue weighted by atomic mass is 10.0. The first-order valence-electron chi connectivity index (χ1n) is 10.7. The third-order valence-corrected chi connectivity index (χ3v) is 5.89. The summed E-state index contributed by atoms with van der Waals surface area (Å²) in [4.78, 5) is 18.8. The fourth-order valence-corrected chi connectivity index (χ4v) is 4.41. The first-order valence-corrected chi connectivity index (χ1v) is 10.7. The summed E-state index contributed by atoms with van der Waals surface area (Å²) in [5.74, 6) is 0.881. The molecule has 1 aromatic carbocycles. The molecular weight excluding hydrogens is 370 g/mol. The molecule has 0 unspecified atom stereocenters. The number of piperazine rings is 1. The highest BCUT2D eigenvalue weighted by atomic mass is 16.6. The largest absolute Gasteiger partial charge is 0.496 e. The Bertz CT molecular complexity index is 661. The fourth-order valence-electron chi connectivity index (χ4n) is 4.41. The lowest BCUT2D eigenvalue weighted by Crippen LogP contribution is -2.55. The van der Waals surface area contributed by atoms with Gasteiger partial charge < -0.3 is 19.1 Å². The van der Waals surface area contributed by atoms with Crippen LogP contribution in [0.5, 0.6) is 5.75 Å². The predicted molar refractivity (Wildman–Crippen MR) is 112 cm³/mol. The normalized spacial score (nSPS) is 21.2. The molecule has 2 heterocycles. The van der Waals surface area contributed by atoms with Crippen LogP contribution in [-0.2, 0) is 22.6 Å². The zero-order valence-electron chi connectivity index (χ0n) is 18.1. The summed E-state index contributed by atoms with van der Waals surface area (Å²) < 4.78 is 15.9. The highest BCUT2D eigenvalue weighted by Gasteiger charge is 2.29. The molecule has 1 aromatic rings. The molecule has 29 heavy (non-hydrogen) atoms. The van der Waals surface area contributed by atoms with Gasteiger partial charge in [-0.1, -0.05) is 6.07 Å². The minimum atomic E-state index is -0.177. The molecule has 1 amide bonds. The predicted octanol–water partition coefficient (Wildman–Crippen LogP) is 2.58. The van der Waals surface area contributed by atoms with Gasteiger partial charge in [0.15, 0.2) is 0 Å². The van der Waals surface area contributed by atoms with E-state index >= 15 is 0 Å². The van der Waals surface area contributed by atoms with Gasteiger partial charge in [-0.2, -0.15) is 0 Å².